The molecule has 0 saturated heterocycles. The van der Waals surface area contributed by atoms with Gasteiger partial charge in [0, 0.05) is 6.08 Å². The molecule has 0 radical (unpaired) electrons. The second-order valence-electron chi connectivity index (χ2n) is 3.11. The van der Waals surface area contributed by atoms with Crippen molar-refractivity contribution in [2.24, 2.45) is 0 Å². The van der Waals surface area contributed by atoms with Crippen molar-refractivity contribution in [1.29, 1.82) is 10.5 Å². The van der Waals surface area contributed by atoms with Crippen LogP contribution in [0.1, 0.15) is 23.6 Å². The van der Waals surface area contributed by atoms with Gasteiger partial charge in [-0.25, -0.2) is 4.79 Å². The van der Waals surface area contributed by atoms with Crippen molar-refractivity contribution in [3.8, 4) is 12.1 Å². The van der Waals surface area contributed by atoms with E-state index in [0.717, 1.165) is 0 Å². The van der Waals surface area contributed by atoms with Gasteiger partial charge in [0.2, 0.25) is 0 Å². The molecule has 0 saturated carbocycles. The second-order valence-corrected chi connectivity index (χ2v) is 3.11. The molecule has 1 aromatic carbocycles. The molecule has 4 nitrogen and oxygen atoms in total. The minimum absolute atomic E-state index is 0.290. The van der Waals surface area contributed by atoms with E-state index in [0.29, 0.717) is 23.3 Å². The highest BCUT2D eigenvalue weighted by Crippen LogP contribution is 2.11. The fraction of sp³-hybridized carbons (Fsp3) is 0.154. The van der Waals surface area contributed by atoms with E-state index in [9.17, 15) is 4.79 Å². The maximum absolute atomic E-state index is 11.1. The van der Waals surface area contributed by atoms with Gasteiger partial charge >= 0.3 is 5.97 Å². The Balaban J connectivity index is 2.92. The van der Waals surface area contributed by atoms with Crippen LogP contribution in [0.4, 0.5) is 0 Å². The molecule has 0 bridgehead atoms. The van der Waals surface area contributed by atoms with Gasteiger partial charge in [0.05, 0.1) is 17.7 Å². The Morgan fingerprint density at radius 1 is 1.35 bits per heavy atom. The largest absolute Gasteiger partial charge is 0.463 e. The Labute approximate surface area is 99.4 Å². The van der Waals surface area contributed by atoms with Crippen molar-refractivity contribution in [3.63, 3.8) is 0 Å². The van der Waals surface area contributed by atoms with E-state index in [4.69, 9.17) is 15.3 Å². The van der Waals surface area contributed by atoms with Crippen molar-refractivity contribution in [1.82, 2.24) is 0 Å². The van der Waals surface area contributed by atoms with Crippen LogP contribution in [0.25, 0.3) is 6.08 Å². The number of hydrogen-bond donors (Lipinski definition) is 0. The first-order valence-corrected chi connectivity index (χ1v) is 5.00. The molecular weight excluding hydrogens is 216 g/mol. The van der Waals surface area contributed by atoms with Crippen molar-refractivity contribution >= 4 is 12.0 Å². The van der Waals surface area contributed by atoms with E-state index in [1.807, 2.05) is 12.1 Å². The maximum atomic E-state index is 11.1. The Hall–Kier alpha value is -2.59. The van der Waals surface area contributed by atoms with Gasteiger partial charge in [-0.2, -0.15) is 10.5 Å². The van der Waals surface area contributed by atoms with Crippen LogP contribution in [0.3, 0.4) is 0 Å². The first-order valence-electron chi connectivity index (χ1n) is 5.00. The lowest BCUT2D eigenvalue weighted by atomic mass is 10.1. The summed E-state index contributed by atoms with van der Waals surface area (Å²) in [6.07, 6.45) is 2.83. The van der Waals surface area contributed by atoms with E-state index < -0.39 is 5.97 Å². The zero-order valence-electron chi connectivity index (χ0n) is 9.30. The van der Waals surface area contributed by atoms with E-state index >= 15 is 0 Å². The van der Waals surface area contributed by atoms with Crippen LogP contribution in [0, 0.1) is 22.7 Å². The number of carbonyl (C=O) groups is 1. The fourth-order valence-corrected chi connectivity index (χ4v) is 1.21. The number of hydrogen-bond acceptors (Lipinski definition) is 4. The highest BCUT2D eigenvalue weighted by molar-refractivity contribution is 5.87. The fourth-order valence-electron chi connectivity index (χ4n) is 1.21. The number of benzene rings is 1. The zero-order valence-corrected chi connectivity index (χ0v) is 9.30. The third-order valence-corrected chi connectivity index (χ3v) is 1.98. The molecule has 1 rings (SSSR count). The first-order chi connectivity index (χ1) is 8.21. The van der Waals surface area contributed by atoms with Crippen molar-refractivity contribution < 1.29 is 9.53 Å². The molecule has 0 aliphatic rings. The predicted molar refractivity (Wildman–Crippen MR) is 61.5 cm³/mol. The summed E-state index contributed by atoms with van der Waals surface area (Å²) in [6, 6.07) is 8.60. The Bertz CT molecular complexity index is 533. The number of esters is 1. The monoisotopic (exact) mass is 226 g/mol. The third-order valence-electron chi connectivity index (χ3n) is 1.98. The smallest absolute Gasteiger partial charge is 0.330 e. The second kappa shape index (κ2) is 6.09. The van der Waals surface area contributed by atoms with Crippen LogP contribution in [0.5, 0.6) is 0 Å². The molecule has 0 fully saturated rings. The average molecular weight is 226 g/mol. The Kier molecular flexibility index (Phi) is 4.47. The molecule has 17 heavy (non-hydrogen) atoms. The van der Waals surface area contributed by atoms with Crippen LogP contribution < -0.4 is 0 Å². The van der Waals surface area contributed by atoms with Crippen LogP contribution in [-0.2, 0) is 9.53 Å². The zero-order chi connectivity index (χ0) is 12.7. The number of nitrogens with zero attached hydrogens (tertiary/aromatic N) is 2. The summed E-state index contributed by atoms with van der Waals surface area (Å²) in [5.74, 6) is -0.435. The van der Waals surface area contributed by atoms with Gasteiger partial charge in [-0.05, 0) is 30.7 Å². The summed E-state index contributed by atoms with van der Waals surface area (Å²) in [6.45, 7) is 2.04. The summed E-state index contributed by atoms with van der Waals surface area (Å²) in [7, 11) is 0. The van der Waals surface area contributed by atoms with Gasteiger partial charge in [-0.1, -0.05) is 6.07 Å². The number of carbonyl (C=O) groups excluding carboxylic acids is 1. The summed E-state index contributed by atoms with van der Waals surface area (Å²) >= 11 is 0. The van der Waals surface area contributed by atoms with E-state index in [2.05, 4.69) is 0 Å². The van der Waals surface area contributed by atoms with Gasteiger partial charge < -0.3 is 4.74 Å². The molecule has 0 heterocycles. The molecular formula is C13H10N2O2. The highest BCUT2D eigenvalue weighted by Gasteiger charge is 2.01. The normalized spacial score (nSPS) is 9.59. The van der Waals surface area contributed by atoms with Crippen molar-refractivity contribution in [3.05, 3.63) is 41.0 Å². The number of nitriles is 2. The first kappa shape index (κ1) is 12.5. The lowest BCUT2D eigenvalue weighted by molar-refractivity contribution is -0.137. The van der Waals surface area contributed by atoms with Gasteiger partial charge in [-0.3, -0.25) is 0 Å². The van der Waals surface area contributed by atoms with Crippen LogP contribution in [0.2, 0.25) is 0 Å². The van der Waals surface area contributed by atoms with Gasteiger partial charge in [0.25, 0.3) is 0 Å². The number of ether oxygens (including phenoxy) is 1. The van der Waals surface area contributed by atoms with Crippen LogP contribution >= 0.6 is 0 Å². The molecule has 1 aromatic rings. The lowest BCUT2D eigenvalue weighted by Crippen LogP contribution is -1.98. The Morgan fingerprint density at radius 3 is 2.65 bits per heavy atom. The molecule has 0 N–H and O–H groups in total. The standard InChI is InChI=1S/C13H10N2O2/c1-2-17-13(16)6-4-10-3-5-11(8-14)12(7-10)9-15/h3-7H,2H2,1H3. The molecule has 84 valence electrons. The van der Waals surface area contributed by atoms with E-state index in [1.165, 1.54) is 6.08 Å². The lowest BCUT2D eigenvalue weighted by Gasteiger charge is -1.97. The van der Waals surface area contributed by atoms with E-state index in [1.54, 1.807) is 31.2 Å². The average Bonchev–Trinajstić information content (AvgIpc) is 2.36. The van der Waals surface area contributed by atoms with Crippen LogP contribution in [-0.4, -0.2) is 12.6 Å². The van der Waals surface area contributed by atoms with Gasteiger partial charge in [0.15, 0.2) is 0 Å². The van der Waals surface area contributed by atoms with Crippen LogP contribution in [0.15, 0.2) is 24.3 Å². The minimum Gasteiger partial charge on any atom is -0.463 e. The molecule has 0 spiro atoms. The van der Waals surface area contributed by atoms with Crippen molar-refractivity contribution in [2.45, 2.75) is 6.92 Å². The summed E-state index contributed by atoms with van der Waals surface area (Å²) in [4.78, 5) is 11.1. The van der Waals surface area contributed by atoms with Crippen molar-refractivity contribution in [2.75, 3.05) is 6.61 Å². The number of rotatable bonds is 3. The molecule has 0 aliphatic carbocycles. The molecule has 0 amide bonds. The quantitative estimate of drug-likeness (QED) is 0.583. The predicted octanol–water partition coefficient (Wildman–Crippen LogP) is 2.01. The minimum atomic E-state index is -0.435. The maximum Gasteiger partial charge on any atom is 0.330 e. The molecule has 0 atom stereocenters. The molecule has 0 aliphatic heterocycles. The SMILES string of the molecule is CCOC(=O)C=Cc1ccc(C#N)c(C#N)c1. The summed E-state index contributed by atoms with van der Waals surface area (Å²) in [5.41, 5.74) is 1.29. The molecule has 0 aromatic heterocycles. The summed E-state index contributed by atoms with van der Waals surface area (Å²) in [5, 5.41) is 17.6. The van der Waals surface area contributed by atoms with Gasteiger partial charge in [0.1, 0.15) is 12.1 Å². The molecule has 4 heteroatoms. The van der Waals surface area contributed by atoms with E-state index in [-0.39, 0.29) is 0 Å². The third kappa shape index (κ3) is 3.48. The Morgan fingerprint density at radius 2 is 2.06 bits per heavy atom. The van der Waals surface area contributed by atoms with Gasteiger partial charge in [-0.15, -0.1) is 0 Å². The topological polar surface area (TPSA) is 73.9 Å². The molecule has 0 unspecified atom stereocenters. The summed E-state index contributed by atoms with van der Waals surface area (Å²) < 4.78 is 4.72. The highest BCUT2D eigenvalue weighted by atomic mass is 16.5.